The molecule has 3 rings (SSSR count). The first-order valence-electron chi connectivity index (χ1n) is 8.51. The average Bonchev–Trinajstić information content (AvgIpc) is 3.00. The molecule has 1 heterocycles. The van der Waals surface area contributed by atoms with Crippen molar-refractivity contribution in [2.75, 3.05) is 5.32 Å². The Bertz CT molecular complexity index is 1050. The minimum atomic E-state index is -0.483. The molecule has 10 heteroatoms. The number of aromatic nitrogens is 3. The monoisotopic (exact) mass is 451 g/mol. The number of benzene rings is 2. The number of nitrogens with one attached hydrogen (secondary N) is 2. The van der Waals surface area contributed by atoms with Crippen LogP contribution in [0.2, 0.25) is 15.1 Å². The molecule has 0 bridgehead atoms. The maximum atomic E-state index is 12.5. The number of carbonyl (C=O) groups excluding carboxylic acids is 2. The third kappa shape index (κ3) is 5.47. The molecule has 2 N–H and O–H groups in total. The van der Waals surface area contributed by atoms with Crippen LogP contribution >= 0.6 is 34.8 Å². The van der Waals surface area contributed by atoms with Crippen molar-refractivity contribution in [3.63, 3.8) is 0 Å². The highest BCUT2D eigenvalue weighted by Gasteiger charge is 2.18. The summed E-state index contributed by atoms with van der Waals surface area (Å²) in [6.07, 6.45) is 0. The normalized spacial score (nSPS) is 10.6. The lowest BCUT2D eigenvalue weighted by Gasteiger charge is -2.08. The Morgan fingerprint density at radius 1 is 1.07 bits per heavy atom. The van der Waals surface area contributed by atoms with E-state index in [1.165, 1.54) is 4.68 Å². The molecule has 29 heavy (non-hydrogen) atoms. The molecule has 7 nitrogen and oxygen atoms in total. The molecule has 0 spiro atoms. The van der Waals surface area contributed by atoms with Gasteiger partial charge in [-0.1, -0.05) is 58.2 Å². The molecule has 0 unspecified atom stereocenters. The van der Waals surface area contributed by atoms with Gasteiger partial charge in [0, 0.05) is 27.3 Å². The van der Waals surface area contributed by atoms with Gasteiger partial charge in [0.05, 0.1) is 5.69 Å². The van der Waals surface area contributed by atoms with Crippen molar-refractivity contribution in [1.82, 2.24) is 20.3 Å². The molecule has 0 fully saturated rings. The molecule has 0 saturated heterocycles. The topological polar surface area (TPSA) is 88.9 Å². The first-order valence-corrected chi connectivity index (χ1v) is 9.64. The third-order valence-electron chi connectivity index (χ3n) is 4.05. The molecular formula is C19H16Cl3N5O2. The van der Waals surface area contributed by atoms with Gasteiger partial charge in [-0.25, -0.2) is 4.68 Å². The molecular weight excluding hydrogens is 437 g/mol. The SMILES string of the molecule is Cc1c(C(=O)Nc2cc(Cl)cc(Cl)c2)nnn1CC(=O)NCc1ccccc1Cl. The molecule has 0 radical (unpaired) electrons. The second-order valence-electron chi connectivity index (χ2n) is 6.16. The predicted octanol–water partition coefficient (Wildman–Crippen LogP) is 4.12. The summed E-state index contributed by atoms with van der Waals surface area (Å²) >= 11 is 17.9. The zero-order valence-electron chi connectivity index (χ0n) is 15.2. The highest BCUT2D eigenvalue weighted by atomic mass is 35.5. The number of hydrogen-bond acceptors (Lipinski definition) is 4. The van der Waals surface area contributed by atoms with E-state index in [-0.39, 0.29) is 24.7 Å². The lowest BCUT2D eigenvalue weighted by Crippen LogP contribution is -2.28. The second-order valence-corrected chi connectivity index (χ2v) is 7.44. The highest BCUT2D eigenvalue weighted by Crippen LogP contribution is 2.23. The third-order valence-corrected chi connectivity index (χ3v) is 4.85. The second kappa shape index (κ2) is 9.26. The van der Waals surface area contributed by atoms with Crippen molar-refractivity contribution >= 4 is 52.3 Å². The molecule has 0 aliphatic heterocycles. The maximum Gasteiger partial charge on any atom is 0.278 e. The van der Waals surface area contributed by atoms with Gasteiger partial charge in [0.1, 0.15) is 6.54 Å². The van der Waals surface area contributed by atoms with Crippen LogP contribution in [0.5, 0.6) is 0 Å². The fourth-order valence-electron chi connectivity index (χ4n) is 2.56. The Morgan fingerprint density at radius 2 is 1.76 bits per heavy atom. The largest absolute Gasteiger partial charge is 0.350 e. The molecule has 0 atom stereocenters. The number of hydrogen-bond donors (Lipinski definition) is 2. The molecule has 0 aliphatic rings. The fourth-order valence-corrected chi connectivity index (χ4v) is 3.29. The summed E-state index contributed by atoms with van der Waals surface area (Å²) in [4.78, 5) is 24.7. The summed E-state index contributed by atoms with van der Waals surface area (Å²) in [6.45, 7) is 1.86. The van der Waals surface area contributed by atoms with E-state index in [1.807, 2.05) is 18.2 Å². The molecule has 2 amide bonds. The fraction of sp³-hybridized carbons (Fsp3) is 0.158. The van der Waals surface area contributed by atoms with Crippen molar-refractivity contribution in [3.05, 3.63) is 74.5 Å². The zero-order chi connectivity index (χ0) is 21.0. The van der Waals surface area contributed by atoms with Crippen LogP contribution in [0, 0.1) is 6.92 Å². The first kappa shape index (κ1) is 21.1. The number of amides is 2. The van der Waals surface area contributed by atoms with Crippen LogP contribution < -0.4 is 10.6 Å². The van der Waals surface area contributed by atoms with Crippen molar-refractivity contribution in [2.45, 2.75) is 20.0 Å². The Hall–Kier alpha value is -2.61. The lowest BCUT2D eigenvalue weighted by molar-refractivity contribution is -0.122. The summed E-state index contributed by atoms with van der Waals surface area (Å²) in [5.74, 6) is -0.768. The zero-order valence-corrected chi connectivity index (χ0v) is 17.5. The Kier molecular flexibility index (Phi) is 6.74. The van der Waals surface area contributed by atoms with Gasteiger partial charge in [0.2, 0.25) is 5.91 Å². The summed E-state index contributed by atoms with van der Waals surface area (Å²) in [5, 5.41) is 14.6. The summed E-state index contributed by atoms with van der Waals surface area (Å²) < 4.78 is 1.35. The number of anilines is 1. The van der Waals surface area contributed by atoms with E-state index in [9.17, 15) is 9.59 Å². The van der Waals surface area contributed by atoms with Gasteiger partial charge >= 0.3 is 0 Å². The van der Waals surface area contributed by atoms with E-state index < -0.39 is 5.91 Å². The van der Waals surface area contributed by atoms with E-state index >= 15 is 0 Å². The van der Waals surface area contributed by atoms with E-state index in [1.54, 1.807) is 31.2 Å². The van der Waals surface area contributed by atoms with Crippen molar-refractivity contribution in [3.8, 4) is 0 Å². The number of halogens is 3. The van der Waals surface area contributed by atoms with E-state index in [0.717, 1.165) is 5.56 Å². The van der Waals surface area contributed by atoms with E-state index in [4.69, 9.17) is 34.8 Å². The van der Waals surface area contributed by atoms with Crippen LogP contribution in [-0.4, -0.2) is 26.8 Å². The maximum absolute atomic E-state index is 12.5. The Morgan fingerprint density at radius 3 is 2.45 bits per heavy atom. The van der Waals surface area contributed by atoms with Crippen LogP contribution in [0.1, 0.15) is 21.7 Å². The Labute approximate surface area is 181 Å². The highest BCUT2D eigenvalue weighted by molar-refractivity contribution is 6.35. The van der Waals surface area contributed by atoms with E-state index in [2.05, 4.69) is 20.9 Å². The molecule has 0 saturated carbocycles. The standard InChI is InChI=1S/C19H16Cl3N5O2/c1-11-18(19(29)24-15-7-13(20)6-14(21)8-15)25-26-27(11)10-17(28)23-9-12-4-2-3-5-16(12)22/h2-8H,9-10H2,1H3,(H,23,28)(H,24,29). The van der Waals surface area contributed by atoms with Gasteiger partial charge < -0.3 is 10.6 Å². The number of carbonyl (C=O) groups is 2. The molecule has 2 aromatic carbocycles. The van der Waals surface area contributed by atoms with Gasteiger partial charge in [-0.2, -0.15) is 0 Å². The smallest absolute Gasteiger partial charge is 0.278 e. The minimum absolute atomic E-state index is 0.0838. The predicted molar refractivity (Wildman–Crippen MR) is 112 cm³/mol. The van der Waals surface area contributed by atoms with Gasteiger partial charge in [-0.3, -0.25) is 9.59 Å². The lowest BCUT2D eigenvalue weighted by atomic mass is 10.2. The van der Waals surface area contributed by atoms with Crippen LogP contribution in [0.4, 0.5) is 5.69 Å². The van der Waals surface area contributed by atoms with Crippen LogP contribution in [-0.2, 0) is 17.9 Å². The average molecular weight is 453 g/mol. The van der Waals surface area contributed by atoms with Crippen molar-refractivity contribution in [1.29, 1.82) is 0 Å². The molecule has 1 aromatic heterocycles. The minimum Gasteiger partial charge on any atom is -0.350 e. The Balaban J connectivity index is 1.63. The van der Waals surface area contributed by atoms with Crippen LogP contribution in [0.25, 0.3) is 0 Å². The van der Waals surface area contributed by atoms with Crippen LogP contribution in [0.3, 0.4) is 0 Å². The summed E-state index contributed by atoms with van der Waals surface area (Å²) in [5.41, 5.74) is 1.78. The van der Waals surface area contributed by atoms with Gasteiger partial charge in [0.25, 0.3) is 5.91 Å². The van der Waals surface area contributed by atoms with E-state index in [0.29, 0.717) is 26.4 Å². The summed E-state index contributed by atoms with van der Waals surface area (Å²) in [6, 6.07) is 11.9. The number of rotatable bonds is 6. The van der Waals surface area contributed by atoms with Gasteiger partial charge in [-0.05, 0) is 36.8 Å². The van der Waals surface area contributed by atoms with Crippen LogP contribution in [0.15, 0.2) is 42.5 Å². The first-order chi connectivity index (χ1) is 13.8. The van der Waals surface area contributed by atoms with Gasteiger partial charge in [-0.15, -0.1) is 5.10 Å². The van der Waals surface area contributed by atoms with Crippen molar-refractivity contribution in [2.24, 2.45) is 0 Å². The summed E-state index contributed by atoms with van der Waals surface area (Å²) in [7, 11) is 0. The quantitative estimate of drug-likeness (QED) is 0.589. The molecule has 150 valence electrons. The molecule has 0 aliphatic carbocycles. The van der Waals surface area contributed by atoms with Crippen molar-refractivity contribution < 1.29 is 9.59 Å². The molecule has 3 aromatic rings. The van der Waals surface area contributed by atoms with Gasteiger partial charge in [0.15, 0.2) is 5.69 Å². The number of nitrogens with zero attached hydrogens (tertiary/aromatic N) is 3.